The summed E-state index contributed by atoms with van der Waals surface area (Å²) in [5.74, 6) is -2.01. The molecule has 2 heterocycles. The number of carbonyl (C=O) groups is 1. The predicted molar refractivity (Wildman–Crippen MR) is 113 cm³/mol. The molecule has 2 saturated heterocycles. The number of anilines is 1. The number of aryl methyl sites for hydroxylation is 1. The maximum atomic E-state index is 14.1. The Labute approximate surface area is 177 Å². The van der Waals surface area contributed by atoms with Gasteiger partial charge in [-0.3, -0.25) is 4.90 Å². The summed E-state index contributed by atoms with van der Waals surface area (Å²) in [6, 6.07) is 5.61. The van der Waals surface area contributed by atoms with Crippen LogP contribution >= 0.6 is 0 Å². The number of nitrogens with zero attached hydrogens (tertiary/aromatic N) is 2. The van der Waals surface area contributed by atoms with E-state index in [-0.39, 0.29) is 31.1 Å². The van der Waals surface area contributed by atoms with E-state index < -0.39 is 5.92 Å². The Hall–Kier alpha value is -1.73. The molecule has 1 N–H and O–H groups in total. The number of ether oxygens (including phenoxy) is 1. The molecule has 1 saturated carbocycles. The van der Waals surface area contributed by atoms with Crippen molar-refractivity contribution in [2.75, 3.05) is 38.2 Å². The van der Waals surface area contributed by atoms with E-state index in [0.717, 1.165) is 29.7 Å². The first-order chi connectivity index (χ1) is 14.3. The van der Waals surface area contributed by atoms with Crippen LogP contribution in [0.1, 0.15) is 43.2 Å². The van der Waals surface area contributed by atoms with Crippen LogP contribution in [-0.2, 0) is 4.74 Å². The number of hydrogen-bond acceptors (Lipinski definition) is 3. The summed E-state index contributed by atoms with van der Waals surface area (Å²) in [4.78, 5) is 16.4. The van der Waals surface area contributed by atoms with Crippen LogP contribution < -0.4 is 5.32 Å². The summed E-state index contributed by atoms with van der Waals surface area (Å²) in [6.45, 7) is 6.08. The topological polar surface area (TPSA) is 44.8 Å². The standard InChI is InChI=1S/C23H33F2N3O2/c1-16-4-3-5-21(17(16)2)26-22(29)27-10-8-19(9-11-27)28-15-23(24,25)12-20(28)14-30-13-18-6-7-18/h3-5,18-20H,6-15H2,1-2H3,(H,26,29)/t20-/m0/s1. The van der Waals surface area contributed by atoms with Gasteiger partial charge in [0.15, 0.2) is 0 Å². The fourth-order valence-electron chi connectivity index (χ4n) is 4.64. The van der Waals surface area contributed by atoms with Crippen LogP contribution in [0.3, 0.4) is 0 Å². The minimum atomic E-state index is -2.65. The number of hydrogen-bond donors (Lipinski definition) is 1. The molecular weight excluding hydrogens is 388 g/mol. The highest BCUT2D eigenvalue weighted by Gasteiger charge is 2.47. The van der Waals surface area contributed by atoms with Crippen molar-refractivity contribution in [3.05, 3.63) is 29.3 Å². The van der Waals surface area contributed by atoms with Crippen molar-refractivity contribution >= 4 is 11.7 Å². The largest absolute Gasteiger partial charge is 0.380 e. The Bertz CT molecular complexity index is 761. The Morgan fingerprint density at radius 3 is 2.60 bits per heavy atom. The van der Waals surface area contributed by atoms with Gasteiger partial charge in [0.2, 0.25) is 0 Å². The number of rotatable bonds is 6. The van der Waals surface area contributed by atoms with E-state index in [2.05, 4.69) is 5.32 Å². The molecule has 0 bridgehead atoms. The quantitative estimate of drug-likeness (QED) is 0.739. The van der Waals surface area contributed by atoms with Crippen molar-refractivity contribution in [1.82, 2.24) is 9.80 Å². The summed E-state index contributed by atoms with van der Waals surface area (Å²) in [5, 5.41) is 3.00. The van der Waals surface area contributed by atoms with Gasteiger partial charge in [-0.05, 0) is 62.6 Å². The number of likely N-dealkylation sites (tertiary alicyclic amines) is 2. The number of carbonyl (C=O) groups excluding carboxylic acids is 1. The van der Waals surface area contributed by atoms with Crippen LogP contribution in [0.5, 0.6) is 0 Å². The number of nitrogens with one attached hydrogen (secondary N) is 1. The molecule has 5 nitrogen and oxygen atoms in total. The van der Waals surface area contributed by atoms with Crippen molar-refractivity contribution in [2.24, 2.45) is 5.92 Å². The van der Waals surface area contributed by atoms with E-state index in [1.165, 1.54) is 12.8 Å². The number of halogens is 2. The van der Waals surface area contributed by atoms with Crippen LogP contribution in [0.15, 0.2) is 18.2 Å². The van der Waals surface area contributed by atoms with Gasteiger partial charge in [-0.15, -0.1) is 0 Å². The maximum Gasteiger partial charge on any atom is 0.321 e. The Kier molecular flexibility index (Phi) is 6.30. The second-order valence-electron chi connectivity index (χ2n) is 9.26. The smallest absolute Gasteiger partial charge is 0.321 e. The van der Waals surface area contributed by atoms with Gasteiger partial charge in [-0.1, -0.05) is 12.1 Å². The Morgan fingerprint density at radius 2 is 1.90 bits per heavy atom. The van der Waals surface area contributed by atoms with Crippen LogP contribution in [-0.4, -0.2) is 66.7 Å². The van der Waals surface area contributed by atoms with Crippen molar-refractivity contribution in [3.8, 4) is 0 Å². The molecule has 1 aromatic rings. The maximum absolute atomic E-state index is 14.1. The minimum absolute atomic E-state index is 0.0812. The van der Waals surface area contributed by atoms with Crippen LogP contribution in [0.2, 0.25) is 0 Å². The SMILES string of the molecule is Cc1cccc(NC(=O)N2CCC(N3CC(F)(F)C[C@H]3COCC3CC3)CC2)c1C. The molecule has 7 heteroatoms. The first-order valence-electron chi connectivity index (χ1n) is 11.2. The van der Waals surface area contributed by atoms with Crippen molar-refractivity contribution in [3.63, 3.8) is 0 Å². The van der Waals surface area contributed by atoms with Crippen LogP contribution in [0.4, 0.5) is 19.3 Å². The fraction of sp³-hybridized carbons (Fsp3) is 0.696. The Morgan fingerprint density at radius 1 is 1.17 bits per heavy atom. The van der Waals surface area contributed by atoms with Gasteiger partial charge in [0.25, 0.3) is 5.92 Å². The third-order valence-corrected chi connectivity index (χ3v) is 6.84. The van der Waals surface area contributed by atoms with Crippen molar-refractivity contribution in [1.29, 1.82) is 0 Å². The van der Waals surface area contributed by atoms with Crippen LogP contribution in [0.25, 0.3) is 0 Å². The lowest BCUT2D eigenvalue weighted by molar-refractivity contribution is 0.00378. The zero-order valence-corrected chi connectivity index (χ0v) is 18.0. The highest BCUT2D eigenvalue weighted by Crippen LogP contribution is 2.36. The molecule has 0 aromatic heterocycles. The molecule has 0 radical (unpaired) electrons. The third-order valence-electron chi connectivity index (χ3n) is 6.84. The van der Waals surface area contributed by atoms with Gasteiger partial charge >= 0.3 is 6.03 Å². The molecule has 3 fully saturated rings. The van der Waals surface area contributed by atoms with Crippen molar-refractivity contribution in [2.45, 2.75) is 64.0 Å². The molecule has 2 amide bonds. The fourth-order valence-corrected chi connectivity index (χ4v) is 4.64. The van der Waals surface area contributed by atoms with Gasteiger partial charge in [0.1, 0.15) is 0 Å². The zero-order chi connectivity index (χ0) is 21.3. The van der Waals surface area contributed by atoms with Crippen LogP contribution in [0, 0.1) is 19.8 Å². The first-order valence-corrected chi connectivity index (χ1v) is 11.2. The second-order valence-corrected chi connectivity index (χ2v) is 9.26. The molecule has 0 unspecified atom stereocenters. The van der Waals surface area contributed by atoms with E-state index >= 15 is 0 Å². The highest BCUT2D eigenvalue weighted by molar-refractivity contribution is 5.90. The number of piperidine rings is 1. The van der Waals surface area contributed by atoms with Gasteiger partial charge in [-0.25, -0.2) is 13.6 Å². The summed E-state index contributed by atoms with van der Waals surface area (Å²) < 4.78 is 34.0. The van der Waals surface area contributed by atoms with E-state index in [4.69, 9.17) is 4.74 Å². The lowest BCUT2D eigenvalue weighted by atomic mass is 10.0. The molecule has 166 valence electrons. The summed E-state index contributed by atoms with van der Waals surface area (Å²) >= 11 is 0. The van der Waals surface area contributed by atoms with E-state index in [0.29, 0.717) is 32.2 Å². The number of benzene rings is 1. The molecule has 0 spiro atoms. The molecule has 3 aliphatic rings. The summed E-state index contributed by atoms with van der Waals surface area (Å²) in [7, 11) is 0. The Balaban J connectivity index is 1.30. The summed E-state index contributed by atoms with van der Waals surface area (Å²) in [6.07, 6.45) is 3.72. The van der Waals surface area contributed by atoms with E-state index in [1.54, 1.807) is 4.90 Å². The van der Waals surface area contributed by atoms with Gasteiger partial charge in [0, 0.05) is 43.9 Å². The molecule has 30 heavy (non-hydrogen) atoms. The lowest BCUT2D eigenvalue weighted by Gasteiger charge is -2.39. The summed E-state index contributed by atoms with van der Waals surface area (Å²) in [5.41, 5.74) is 3.03. The molecule has 2 aliphatic heterocycles. The van der Waals surface area contributed by atoms with Gasteiger partial charge < -0.3 is 15.0 Å². The molecule has 4 rings (SSSR count). The third kappa shape index (κ3) is 5.11. The highest BCUT2D eigenvalue weighted by atomic mass is 19.3. The average molecular weight is 422 g/mol. The number of amides is 2. The molecule has 1 aliphatic carbocycles. The number of alkyl halides is 2. The molecule has 1 atom stereocenters. The normalized spacial score (nSPS) is 24.9. The molecule has 1 aromatic carbocycles. The predicted octanol–water partition coefficient (Wildman–Crippen LogP) is 4.44. The lowest BCUT2D eigenvalue weighted by Crippen LogP contribution is -2.50. The number of urea groups is 1. The first kappa shape index (κ1) is 21.5. The molecular formula is C23H33F2N3O2. The van der Waals surface area contributed by atoms with E-state index in [9.17, 15) is 13.6 Å². The van der Waals surface area contributed by atoms with Crippen molar-refractivity contribution < 1.29 is 18.3 Å². The monoisotopic (exact) mass is 421 g/mol. The minimum Gasteiger partial charge on any atom is -0.380 e. The van der Waals surface area contributed by atoms with E-state index in [1.807, 2.05) is 36.9 Å². The zero-order valence-electron chi connectivity index (χ0n) is 18.0. The second kappa shape index (κ2) is 8.79. The van der Waals surface area contributed by atoms with Gasteiger partial charge in [0.05, 0.1) is 13.2 Å². The van der Waals surface area contributed by atoms with Gasteiger partial charge in [-0.2, -0.15) is 0 Å². The average Bonchev–Trinajstić information content (AvgIpc) is 3.48.